The van der Waals surface area contributed by atoms with Crippen LogP contribution < -0.4 is 0 Å². The predicted molar refractivity (Wildman–Crippen MR) is 75.4 cm³/mol. The number of hydrogen-bond acceptors (Lipinski definition) is 3. The number of carbonyl (C=O) groups excluding carboxylic acids is 1. The second-order valence-corrected chi connectivity index (χ2v) is 5.86. The molecule has 0 aromatic heterocycles. The molecule has 0 aliphatic carbocycles. The summed E-state index contributed by atoms with van der Waals surface area (Å²) in [4.78, 5) is 21.0. The molecule has 2 saturated heterocycles. The molecule has 0 unspecified atom stereocenters. The Kier molecular flexibility index (Phi) is 5.77. The first-order valence-electron chi connectivity index (χ1n) is 7.68. The van der Waals surface area contributed by atoms with E-state index in [2.05, 4.69) is 12.2 Å². The highest BCUT2D eigenvalue weighted by molar-refractivity contribution is 5.66. The Morgan fingerprint density at radius 2 is 1.90 bits per heavy atom. The molecule has 112 valence electrons. The number of ether oxygens (including phenoxy) is 1. The Bertz CT molecular complexity index is 363. The summed E-state index contributed by atoms with van der Waals surface area (Å²) < 4.78 is 5.98. The SMILES string of the molecule is O=CCC[C@H]1[C@@H](C/C=C\CCCC(=O)O)[C@H]2CC[C@@H]1O2. The van der Waals surface area contributed by atoms with E-state index in [1.165, 1.54) is 0 Å². The second-order valence-electron chi connectivity index (χ2n) is 5.86. The van der Waals surface area contributed by atoms with Gasteiger partial charge in [0.05, 0.1) is 12.2 Å². The van der Waals surface area contributed by atoms with Crippen LogP contribution in [0.5, 0.6) is 0 Å². The molecule has 0 aromatic carbocycles. The number of hydrogen-bond donors (Lipinski definition) is 1. The molecule has 20 heavy (non-hydrogen) atoms. The van der Waals surface area contributed by atoms with Gasteiger partial charge < -0.3 is 14.6 Å². The summed E-state index contributed by atoms with van der Waals surface area (Å²) in [7, 11) is 0. The van der Waals surface area contributed by atoms with Gasteiger partial charge in [0, 0.05) is 12.8 Å². The highest BCUT2D eigenvalue weighted by Crippen LogP contribution is 2.46. The first kappa shape index (κ1) is 15.2. The molecule has 2 bridgehead atoms. The van der Waals surface area contributed by atoms with E-state index < -0.39 is 5.97 Å². The van der Waals surface area contributed by atoms with Crippen LogP contribution >= 0.6 is 0 Å². The molecule has 4 atom stereocenters. The largest absolute Gasteiger partial charge is 0.481 e. The monoisotopic (exact) mass is 280 g/mol. The Morgan fingerprint density at radius 1 is 1.15 bits per heavy atom. The van der Waals surface area contributed by atoms with Crippen molar-refractivity contribution in [2.75, 3.05) is 0 Å². The minimum absolute atomic E-state index is 0.240. The van der Waals surface area contributed by atoms with E-state index in [-0.39, 0.29) is 6.42 Å². The van der Waals surface area contributed by atoms with Crippen LogP contribution in [0.3, 0.4) is 0 Å². The van der Waals surface area contributed by atoms with Crippen LogP contribution in [0.1, 0.15) is 51.4 Å². The Hall–Kier alpha value is -1.16. The third kappa shape index (κ3) is 3.92. The summed E-state index contributed by atoms with van der Waals surface area (Å²) in [5.41, 5.74) is 0. The van der Waals surface area contributed by atoms with Crippen molar-refractivity contribution in [3.05, 3.63) is 12.2 Å². The van der Waals surface area contributed by atoms with Crippen LogP contribution in [0.25, 0.3) is 0 Å². The van der Waals surface area contributed by atoms with E-state index in [0.717, 1.165) is 38.4 Å². The van der Waals surface area contributed by atoms with Gasteiger partial charge in [0.1, 0.15) is 6.29 Å². The molecule has 2 fully saturated rings. The van der Waals surface area contributed by atoms with Crippen LogP contribution in [0.4, 0.5) is 0 Å². The zero-order chi connectivity index (χ0) is 14.4. The molecular weight excluding hydrogens is 256 g/mol. The van der Waals surface area contributed by atoms with E-state index in [1.54, 1.807) is 0 Å². The smallest absolute Gasteiger partial charge is 0.303 e. The zero-order valence-corrected chi connectivity index (χ0v) is 11.9. The van der Waals surface area contributed by atoms with Crippen molar-refractivity contribution >= 4 is 12.3 Å². The Morgan fingerprint density at radius 3 is 2.60 bits per heavy atom. The molecule has 0 aromatic rings. The van der Waals surface area contributed by atoms with Gasteiger partial charge in [-0.05, 0) is 50.4 Å². The lowest BCUT2D eigenvalue weighted by atomic mass is 9.75. The van der Waals surface area contributed by atoms with Crippen LogP contribution in [-0.4, -0.2) is 29.6 Å². The summed E-state index contributed by atoms with van der Waals surface area (Å²) in [5, 5.41) is 8.56. The standard InChI is InChI=1S/C16H24O4/c17-11-5-7-13-12(14-9-10-15(13)20-14)6-3-1-2-4-8-16(18)19/h1,3,11-15H,2,4-10H2,(H,18,19)/b3-1-/t12-,13+,14-,15+/m1/s1. The number of rotatable bonds is 9. The first-order valence-corrected chi connectivity index (χ1v) is 7.68. The van der Waals surface area contributed by atoms with Crippen molar-refractivity contribution < 1.29 is 19.4 Å². The van der Waals surface area contributed by atoms with Gasteiger partial charge in [-0.3, -0.25) is 4.79 Å². The maximum atomic E-state index is 10.6. The maximum absolute atomic E-state index is 10.6. The van der Waals surface area contributed by atoms with E-state index in [1.807, 2.05) is 0 Å². The quantitative estimate of drug-likeness (QED) is 0.400. The molecular formula is C16H24O4. The molecule has 2 aliphatic rings. The van der Waals surface area contributed by atoms with Crippen molar-refractivity contribution in [1.82, 2.24) is 0 Å². The normalized spacial score (nSPS) is 32.0. The van der Waals surface area contributed by atoms with Crippen LogP contribution in [-0.2, 0) is 14.3 Å². The average molecular weight is 280 g/mol. The molecule has 2 rings (SSSR count). The minimum Gasteiger partial charge on any atom is -0.481 e. The number of unbranched alkanes of at least 4 members (excludes halogenated alkanes) is 1. The second kappa shape index (κ2) is 7.58. The van der Waals surface area contributed by atoms with E-state index in [0.29, 0.717) is 36.9 Å². The van der Waals surface area contributed by atoms with Crippen LogP contribution in [0, 0.1) is 11.8 Å². The highest BCUT2D eigenvalue weighted by Gasteiger charge is 2.47. The zero-order valence-electron chi connectivity index (χ0n) is 11.9. The average Bonchev–Trinajstić information content (AvgIpc) is 3.01. The van der Waals surface area contributed by atoms with E-state index in [9.17, 15) is 9.59 Å². The van der Waals surface area contributed by atoms with Gasteiger partial charge in [-0.1, -0.05) is 12.2 Å². The van der Waals surface area contributed by atoms with Crippen molar-refractivity contribution in [2.24, 2.45) is 11.8 Å². The van der Waals surface area contributed by atoms with E-state index >= 15 is 0 Å². The summed E-state index contributed by atoms with van der Waals surface area (Å²) in [6, 6.07) is 0. The molecule has 4 heteroatoms. The first-order chi connectivity index (χ1) is 9.72. The Labute approximate surface area is 120 Å². The lowest BCUT2D eigenvalue weighted by molar-refractivity contribution is -0.137. The summed E-state index contributed by atoms with van der Waals surface area (Å²) in [6.45, 7) is 0. The summed E-state index contributed by atoms with van der Waals surface area (Å²) >= 11 is 0. The molecule has 0 saturated carbocycles. The summed E-state index contributed by atoms with van der Waals surface area (Å²) in [6.07, 6.45) is 12.7. The molecule has 0 amide bonds. The number of fused-ring (bicyclic) bond motifs is 2. The van der Waals surface area contributed by atoms with Crippen LogP contribution in [0.2, 0.25) is 0 Å². The molecule has 2 heterocycles. The van der Waals surface area contributed by atoms with Crippen molar-refractivity contribution in [1.29, 1.82) is 0 Å². The van der Waals surface area contributed by atoms with Crippen LogP contribution in [0.15, 0.2) is 12.2 Å². The highest BCUT2D eigenvalue weighted by atomic mass is 16.5. The number of carbonyl (C=O) groups is 2. The van der Waals surface area contributed by atoms with Gasteiger partial charge in [0.25, 0.3) is 0 Å². The Balaban J connectivity index is 1.74. The fourth-order valence-electron chi connectivity index (χ4n) is 3.60. The number of carboxylic acids is 1. The number of aldehydes is 1. The molecule has 4 nitrogen and oxygen atoms in total. The van der Waals surface area contributed by atoms with Gasteiger partial charge >= 0.3 is 5.97 Å². The molecule has 2 aliphatic heterocycles. The van der Waals surface area contributed by atoms with Crippen molar-refractivity contribution in [2.45, 2.75) is 63.6 Å². The number of aliphatic carboxylic acids is 1. The molecule has 0 radical (unpaired) electrons. The maximum Gasteiger partial charge on any atom is 0.303 e. The number of allylic oxidation sites excluding steroid dienone is 2. The lowest BCUT2D eigenvalue weighted by Gasteiger charge is -2.26. The van der Waals surface area contributed by atoms with Gasteiger partial charge in [0.2, 0.25) is 0 Å². The fraction of sp³-hybridized carbons (Fsp3) is 0.750. The number of carboxylic acid groups (broad SMARTS) is 1. The lowest BCUT2D eigenvalue weighted by Crippen LogP contribution is -2.26. The van der Waals surface area contributed by atoms with Crippen molar-refractivity contribution in [3.8, 4) is 0 Å². The van der Waals surface area contributed by atoms with Gasteiger partial charge in [0.15, 0.2) is 0 Å². The van der Waals surface area contributed by atoms with Gasteiger partial charge in [-0.15, -0.1) is 0 Å². The third-order valence-electron chi connectivity index (χ3n) is 4.54. The van der Waals surface area contributed by atoms with Gasteiger partial charge in [-0.25, -0.2) is 0 Å². The van der Waals surface area contributed by atoms with Gasteiger partial charge in [-0.2, -0.15) is 0 Å². The third-order valence-corrected chi connectivity index (χ3v) is 4.54. The fourth-order valence-corrected chi connectivity index (χ4v) is 3.60. The topological polar surface area (TPSA) is 63.6 Å². The predicted octanol–water partition coefficient (Wildman–Crippen LogP) is 2.96. The van der Waals surface area contributed by atoms with E-state index in [4.69, 9.17) is 9.84 Å². The molecule has 1 N–H and O–H groups in total. The van der Waals surface area contributed by atoms with Crippen molar-refractivity contribution in [3.63, 3.8) is 0 Å². The summed E-state index contributed by atoms with van der Waals surface area (Å²) in [5.74, 6) is 0.348. The minimum atomic E-state index is -0.728. The molecule has 0 spiro atoms.